The van der Waals surface area contributed by atoms with Gasteiger partial charge in [-0.3, -0.25) is 4.79 Å². The Bertz CT molecular complexity index is 147. The van der Waals surface area contributed by atoms with Crippen LogP contribution in [0.4, 0.5) is 0 Å². The number of hydrogen-bond acceptors (Lipinski definition) is 2. The second-order valence-corrected chi connectivity index (χ2v) is 2.85. The zero-order valence-electron chi connectivity index (χ0n) is 7.17. The van der Waals surface area contributed by atoms with Gasteiger partial charge < -0.3 is 9.64 Å². The summed E-state index contributed by atoms with van der Waals surface area (Å²) in [5.74, 6) is 0.167. The molecule has 0 radical (unpaired) electrons. The minimum Gasteiger partial charge on any atom is -0.377 e. The molecule has 1 fully saturated rings. The third-order valence-electron chi connectivity index (χ3n) is 2.10. The van der Waals surface area contributed by atoms with Crippen LogP contribution in [-0.2, 0) is 9.53 Å². The first-order valence-corrected chi connectivity index (χ1v) is 4.10. The van der Waals surface area contributed by atoms with Crippen molar-refractivity contribution in [1.82, 2.24) is 4.90 Å². The van der Waals surface area contributed by atoms with E-state index in [9.17, 15) is 4.79 Å². The first-order chi connectivity index (χ1) is 5.25. The van der Waals surface area contributed by atoms with E-state index in [0.717, 1.165) is 13.0 Å². The number of amides is 1. The number of carbonyl (C=O) groups is 1. The van der Waals surface area contributed by atoms with Crippen LogP contribution in [0.15, 0.2) is 0 Å². The van der Waals surface area contributed by atoms with Crippen LogP contribution in [-0.4, -0.2) is 36.6 Å². The van der Waals surface area contributed by atoms with Gasteiger partial charge in [-0.05, 0) is 6.42 Å². The maximum absolute atomic E-state index is 11.0. The highest BCUT2D eigenvalue weighted by atomic mass is 16.5. The van der Waals surface area contributed by atoms with Crippen molar-refractivity contribution in [2.75, 3.05) is 19.8 Å². The molecule has 1 aliphatic rings. The summed E-state index contributed by atoms with van der Waals surface area (Å²) >= 11 is 0. The van der Waals surface area contributed by atoms with Crippen LogP contribution in [0.3, 0.4) is 0 Å². The second kappa shape index (κ2) is 3.72. The molecule has 0 bridgehead atoms. The molecule has 1 amide bonds. The maximum atomic E-state index is 11.0. The topological polar surface area (TPSA) is 29.5 Å². The van der Waals surface area contributed by atoms with E-state index < -0.39 is 0 Å². The summed E-state index contributed by atoms with van der Waals surface area (Å²) in [7, 11) is 0. The molecule has 1 aliphatic heterocycles. The number of hydrogen-bond donors (Lipinski definition) is 0. The van der Waals surface area contributed by atoms with E-state index >= 15 is 0 Å². The molecule has 11 heavy (non-hydrogen) atoms. The molecule has 0 aromatic rings. The van der Waals surface area contributed by atoms with Crippen LogP contribution in [0.1, 0.15) is 20.3 Å². The lowest BCUT2D eigenvalue weighted by Gasteiger charge is -2.34. The third kappa shape index (κ3) is 1.93. The first kappa shape index (κ1) is 8.53. The maximum Gasteiger partial charge on any atom is 0.219 e. The Balaban J connectivity index is 2.51. The molecular weight excluding hydrogens is 142 g/mol. The van der Waals surface area contributed by atoms with Gasteiger partial charge in [0.25, 0.3) is 0 Å². The van der Waals surface area contributed by atoms with E-state index in [1.165, 1.54) is 0 Å². The van der Waals surface area contributed by atoms with Gasteiger partial charge in [-0.2, -0.15) is 0 Å². The fourth-order valence-corrected chi connectivity index (χ4v) is 1.41. The molecule has 1 saturated heterocycles. The summed E-state index contributed by atoms with van der Waals surface area (Å²) in [4.78, 5) is 12.9. The Kier molecular flexibility index (Phi) is 2.88. The number of morpholine rings is 1. The monoisotopic (exact) mass is 157 g/mol. The van der Waals surface area contributed by atoms with Crippen LogP contribution in [0.2, 0.25) is 0 Å². The van der Waals surface area contributed by atoms with Gasteiger partial charge in [-0.25, -0.2) is 0 Å². The molecule has 1 heterocycles. The minimum absolute atomic E-state index is 0.167. The van der Waals surface area contributed by atoms with E-state index in [1.54, 1.807) is 6.92 Å². The molecule has 3 heteroatoms. The number of rotatable bonds is 1. The van der Waals surface area contributed by atoms with Crippen molar-refractivity contribution in [2.24, 2.45) is 0 Å². The van der Waals surface area contributed by atoms with Gasteiger partial charge in [0.1, 0.15) is 0 Å². The van der Waals surface area contributed by atoms with Gasteiger partial charge in [-0.15, -0.1) is 0 Å². The van der Waals surface area contributed by atoms with Crippen LogP contribution in [0.25, 0.3) is 0 Å². The van der Waals surface area contributed by atoms with E-state index in [-0.39, 0.29) is 5.91 Å². The fraction of sp³-hybridized carbons (Fsp3) is 0.875. The largest absolute Gasteiger partial charge is 0.377 e. The Hall–Kier alpha value is -0.570. The van der Waals surface area contributed by atoms with Gasteiger partial charge >= 0.3 is 0 Å². The molecule has 3 nitrogen and oxygen atoms in total. The van der Waals surface area contributed by atoms with Crippen LogP contribution < -0.4 is 0 Å². The minimum atomic E-state index is 0.167. The van der Waals surface area contributed by atoms with E-state index in [4.69, 9.17) is 4.74 Å². The zero-order valence-corrected chi connectivity index (χ0v) is 7.17. The normalized spacial score (nSPS) is 25.3. The summed E-state index contributed by atoms with van der Waals surface area (Å²) in [6, 6.07) is 0.307. The summed E-state index contributed by atoms with van der Waals surface area (Å²) in [5.41, 5.74) is 0. The molecule has 0 aliphatic carbocycles. The Morgan fingerprint density at radius 3 is 2.91 bits per heavy atom. The van der Waals surface area contributed by atoms with Crippen molar-refractivity contribution < 1.29 is 9.53 Å². The summed E-state index contributed by atoms with van der Waals surface area (Å²) < 4.78 is 5.26. The average molecular weight is 157 g/mol. The molecule has 64 valence electrons. The van der Waals surface area contributed by atoms with Gasteiger partial charge in [-0.1, -0.05) is 6.92 Å². The molecule has 1 unspecified atom stereocenters. The number of nitrogens with zero attached hydrogens (tertiary/aromatic N) is 1. The lowest BCUT2D eigenvalue weighted by Crippen LogP contribution is -2.47. The Labute approximate surface area is 67.3 Å². The van der Waals surface area contributed by atoms with Crippen LogP contribution in [0.5, 0.6) is 0 Å². The molecule has 0 aromatic carbocycles. The zero-order chi connectivity index (χ0) is 8.27. The molecule has 0 spiro atoms. The smallest absolute Gasteiger partial charge is 0.219 e. The molecule has 0 saturated carbocycles. The predicted molar refractivity (Wildman–Crippen MR) is 42.3 cm³/mol. The Morgan fingerprint density at radius 1 is 1.73 bits per heavy atom. The molecule has 0 N–H and O–H groups in total. The second-order valence-electron chi connectivity index (χ2n) is 2.85. The Morgan fingerprint density at radius 2 is 2.45 bits per heavy atom. The highest BCUT2D eigenvalue weighted by Crippen LogP contribution is 2.09. The van der Waals surface area contributed by atoms with Gasteiger partial charge in [0.2, 0.25) is 5.91 Å². The van der Waals surface area contributed by atoms with Crippen molar-refractivity contribution in [3.63, 3.8) is 0 Å². The summed E-state index contributed by atoms with van der Waals surface area (Å²) in [6.07, 6.45) is 0.986. The van der Waals surface area contributed by atoms with Gasteiger partial charge in [0.05, 0.1) is 19.3 Å². The summed E-state index contributed by atoms with van der Waals surface area (Å²) in [6.45, 7) is 5.85. The van der Waals surface area contributed by atoms with Crippen LogP contribution >= 0.6 is 0 Å². The van der Waals surface area contributed by atoms with E-state index in [0.29, 0.717) is 19.3 Å². The molecule has 0 aromatic heterocycles. The molecular formula is C8H15NO2. The van der Waals surface area contributed by atoms with E-state index in [1.807, 2.05) is 4.90 Å². The number of ether oxygens (including phenoxy) is 1. The lowest BCUT2D eigenvalue weighted by molar-refractivity contribution is -0.137. The van der Waals surface area contributed by atoms with Gasteiger partial charge in [0.15, 0.2) is 0 Å². The highest BCUT2D eigenvalue weighted by Gasteiger charge is 2.22. The van der Waals surface area contributed by atoms with Gasteiger partial charge in [0, 0.05) is 13.5 Å². The third-order valence-corrected chi connectivity index (χ3v) is 2.10. The average Bonchev–Trinajstić information content (AvgIpc) is 2.04. The van der Waals surface area contributed by atoms with E-state index in [2.05, 4.69) is 6.92 Å². The first-order valence-electron chi connectivity index (χ1n) is 4.10. The molecule has 1 rings (SSSR count). The highest BCUT2D eigenvalue weighted by molar-refractivity contribution is 5.73. The van der Waals surface area contributed by atoms with Crippen molar-refractivity contribution in [1.29, 1.82) is 0 Å². The lowest BCUT2D eigenvalue weighted by atomic mass is 10.2. The van der Waals surface area contributed by atoms with Crippen molar-refractivity contribution in [3.8, 4) is 0 Å². The standard InChI is InChI=1S/C8H15NO2/c1-3-8-6-11-5-4-9(8)7(2)10/h8H,3-6H2,1-2H3. The quantitative estimate of drug-likeness (QED) is 0.559. The fourth-order valence-electron chi connectivity index (χ4n) is 1.41. The van der Waals surface area contributed by atoms with Crippen molar-refractivity contribution >= 4 is 5.91 Å². The van der Waals surface area contributed by atoms with Crippen molar-refractivity contribution in [3.05, 3.63) is 0 Å². The number of carbonyl (C=O) groups excluding carboxylic acids is 1. The predicted octanol–water partition coefficient (Wildman–Crippen LogP) is 0.644. The summed E-state index contributed by atoms with van der Waals surface area (Å²) in [5, 5.41) is 0. The molecule has 1 atom stereocenters. The van der Waals surface area contributed by atoms with Crippen LogP contribution in [0, 0.1) is 0 Å². The van der Waals surface area contributed by atoms with Crippen molar-refractivity contribution in [2.45, 2.75) is 26.3 Å². The SMILES string of the molecule is CCC1COCCN1C(C)=O.